The Morgan fingerprint density at radius 3 is 2.28 bits per heavy atom. The Balaban J connectivity index is 1.99. The Labute approximate surface area is 155 Å². The van der Waals surface area contributed by atoms with Gasteiger partial charge in [0.1, 0.15) is 5.75 Å². The number of amides is 1. The molecule has 0 heterocycles. The van der Waals surface area contributed by atoms with Crippen LogP contribution in [-0.4, -0.2) is 11.5 Å². The molecule has 2 aromatic carbocycles. The highest BCUT2D eigenvalue weighted by molar-refractivity contribution is 6.30. The molecule has 1 amide bonds. The van der Waals surface area contributed by atoms with E-state index in [0.717, 1.165) is 18.4 Å². The quantitative estimate of drug-likeness (QED) is 0.725. The van der Waals surface area contributed by atoms with Crippen LogP contribution in [0, 0.1) is 0 Å². The lowest BCUT2D eigenvalue weighted by atomic mass is 10.0. The van der Waals surface area contributed by atoms with Crippen molar-refractivity contribution in [3.8, 4) is 5.75 Å². The molecular weight excluding hydrogens is 334 g/mol. The number of hydrogen-bond acceptors (Lipinski definition) is 2. The van der Waals surface area contributed by atoms with Gasteiger partial charge in [0.25, 0.3) is 5.91 Å². The summed E-state index contributed by atoms with van der Waals surface area (Å²) in [4.78, 5) is 12.6. The number of hydrogen-bond donors (Lipinski definition) is 1. The van der Waals surface area contributed by atoms with Gasteiger partial charge in [0.05, 0.1) is 6.04 Å². The van der Waals surface area contributed by atoms with Crippen LogP contribution in [0.15, 0.2) is 48.5 Å². The molecule has 25 heavy (non-hydrogen) atoms. The van der Waals surface area contributed by atoms with Gasteiger partial charge in [-0.05, 0) is 62.6 Å². The van der Waals surface area contributed by atoms with E-state index < -0.39 is 5.60 Å². The smallest absolute Gasteiger partial charge is 0.264 e. The highest BCUT2D eigenvalue weighted by atomic mass is 35.5. The van der Waals surface area contributed by atoms with E-state index in [0.29, 0.717) is 10.8 Å². The summed E-state index contributed by atoms with van der Waals surface area (Å²) in [5.74, 6) is 0.453. The second-order valence-electron chi connectivity index (χ2n) is 6.75. The molecule has 0 unspecified atom stereocenters. The van der Waals surface area contributed by atoms with Gasteiger partial charge >= 0.3 is 0 Å². The first-order valence-electron chi connectivity index (χ1n) is 8.66. The fourth-order valence-electron chi connectivity index (χ4n) is 2.56. The maximum atomic E-state index is 12.6. The first-order valence-corrected chi connectivity index (χ1v) is 9.04. The van der Waals surface area contributed by atoms with Crippen molar-refractivity contribution in [2.24, 2.45) is 0 Å². The van der Waals surface area contributed by atoms with Crippen molar-refractivity contribution in [2.45, 2.75) is 52.2 Å². The lowest BCUT2D eigenvalue weighted by molar-refractivity contribution is -0.134. The van der Waals surface area contributed by atoms with E-state index in [1.54, 1.807) is 38.1 Å². The van der Waals surface area contributed by atoms with Crippen molar-refractivity contribution in [1.29, 1.82) is 0 Å². The van der Waals surface area contributed by atoms with Crippen molar-refractivity contribution in [3.63, 3.8) is 0 Å². The molecule has 3 nitrogen and oxygen atoms in total. The zero-order valence-electron chi connectivity index (χ0n) is 15.3. The molecule has 0 spiro atoms. The second kappa shape index (κ2) is 8.39. The molecule has 0 saturated carbocycles. The minimum atomic E-state index is -0.982. The van der Waals surface area contributed by atoms with Crippen LogP contribution < -0.4 is 10.1 Å². The van der Waals surface area contributed by atoms with E-state index in [9.17, 15) is 4.79 Å². The Bertz CT molecular complexity index is 693. The molecule has 2 rings (SSSR count). The molecule has 0 fully saturated rings. The van der Waals surface area contributed by atoms with Gasteiger partial charge in [-0.1, -0.05) is 49.2 Å². The molecule has 0 radical (unpaired) electrons. The Morgan fingerprint density at radius 2 is 1.72 bits per heavy atom. The SMILES string of the molecule is CCCc1ccc([C@H](C)NC(=O)C(C)(C)Oc2ccc(Cl)cc2)cc1. The lowest BCUT2D eigenvalue weighted by Gasteiger charge is -2.27. The number of rotatable bonds is 7. The predicted molar refractivity (Wildman–Crippen MR) is 103 cm³/mol. The minimum absolute atomic E-state index is 0.0868. The lowest BCUT2D eigenvalue weighted by Crippen LogP contribution is -2.47. The van der Waals surface area contributed by atoms with Crippen molar-refractivity contribution < 1.29 is 9.53 Å². The topological polar surface area (TPSA) is 38.3 Å². The van der Waals surface area contributed by atoms with Gasteiger partial charge in [0.15, 0.2) is 5.60 Å². The van der Waals surface area contributed by atoms with Gasteiger partial charge in [0, 0.05) is 5.02 Å². The first-order chi connectivity index (χ1) is 11.8. The predicted octanol–water partition coefficient (Wildman–Crippen LogP) is 5.33. The van der Waals surface area contributed by atoms with E-state index in [1.165, 1.54) is 5.56 Å². The summed E-state index contributed by atoms with van der Waals surface area (Å²) in [7, 11) is 0. The van der Waals surface area contributed by atoms with Crippen LogP contribution in [0.4, 0.5) is 0 Å². The minimum Gasteiger partial charge on any atom is -0.478 e. The monoisotopic (exact) mass is 359 g/mol. The maximum Gasteiger partial charge on any atom is 0.264 e. The van der Waals surface area contributed by atoms with Crippen LogP contribution in [0.1, 0.15) is 51.3 Å². The highest BCUT2D eigenvalue weighted by Gasteiger charge is 2.31. The molecule has 0 saturated heterocycles. The number of halogens is 1. The van der Waals surface area contributed by atoms with Crippen molar-refractivity contribution in [2.75, 3.05) is 0 Å². The number of carbonyl (C=O) groups is 1. The Morgan fingerprint density at radius 1 is 1.12 bits per heavy atom. The summed E-state index contributed by atoms with van der Waals surface area (Å²) in [6.07, 6.45) is 2.20. The van der Waals surface area contributed by atoms with Crippen molar-refractivity contribution >= 4 is 17.5 Å². The van der Waals surface area contributed by atoms with Crippen LogP contribution in [0.5, 0.6) is 5.75 Å². The molecule has 134 valence electrons. The fourth-order valence-corrected chi connectivity index (χ4v) is 2.69. The summed E-state index contributed by atoms with van der Waals surface area (Å²) in [6.45, 7) is 7.66. The molecule has 0 aliphatic carbocycles. The highest BCUT2D eigenvalue weighted by Crippen LogP contribution is 2.22. The Kier molecular flexibility index (Phi) is 6.49. The molecule has 0 bridgehead atoms. The standard InChI is InChI=1S/C21H26ClNO2/c1-5-6-16-7-9-17(10-8-16)15(2)23-20(24)21(3,4)25-19-13-11-18(22)12-14-19/h7-15H,5-6H2,1-4H3,(H,23,24)/t15-/m0/s1. The van der Waals surface area contributed by atoms with E-state index >= 15 is 0 Å². The van der Waals surface area contributed by atoms with Crippen molar-refractivity contribution in [3.05, 3.63) is 64.7 Å². The van der Waals surface area contributed by atoms with Gasteiger partial charge in [-0.25, -0.2) is 0 Å². The summed E-state index contributed by atoms with van der Waals surface area (Å²) < 4.78 is 5.84. The average molecular weight is 360 g/mol. The van der Waals surface area contributed by atoms with Crippen LogP contribution in [0.3, 0.4) is 0 Å². The molecule has 4 heteroatoms. The molecule has 2 aromatic rings. The number of nitrogens with one attached hydrogen (secondary N) is 1. The van der Waals surface area contributed by atoms with Crippen LogP contribution in [0.2, 0.25) is 5.02 Å². The van der Waals surface area contributed by atoms with E-state index in [4.69, 9.17) is 16.3 Å². The van der Waals surface area contributed by atoms with Gasteiger partial charge < -0.3 is 10.1 Å². The van der Waals surface area contributed by atoms with E-state index in [-0.39, 0.29) is 11.9 Å². The van der Waals surface area contributed by atoms with E-state index in [2.05, 4.69) is 36.5 Å². The normalized spacial score (nSPS) is 12.5. The molecule has 1 atom stereocenters. The van der Waals surface area contributed by atoms with Gasteiger partial charge in [-0.15, -0.1) is 0 Å². The zero-order valence-corrected chi connectivity index (χ0v) is 16.1. The van der Waals surface area contributed by atoms with Gasteiger partial charge in [0.2, 0.25) is 0 Å². The summed E-state index contributed by atoms with van der Waals surface area (Å²) >= 11 is 5.88. The largest absolute Gasteiger partial charge is 0.478 e. The summed E-state index contributed by atoms with van der Waals surface area (Å²) in [5.41, 5.74) is 1.41. The van der Waals surface area contributed by atoms with Gasteiger partial charge in [-0.3, -0.25) is 4.79 Å². The summed E-state index contributed by atoms with van der Waals surface area (Å²) in [5, 5.41) is 3.66. The third kappa shape index (κ3) is 5.50. The molecule has 0 aromatic heterocycles. The number of carbonyl (C=O) groups excluding carboxylic acids is 1. The van der Waals surface area contributed by atoms with Gasteiger partial charge in [-0.2, -0.15) is 0 Å². The third-order valence-corrected chi connectivity index (χ3v) is 4.35. The Hall–Kier alpha value is -2.00. The average Bonchev–Trinajstić information content (AvgIpc) is 2.57. The van der Waals surface area contributed by atoms with Crippen LogP contribution in [0.25, 0.3) is 0 Å². The number of benzene rings is 2. The van der Waals surface area contributed by atoms with Crippen molar-refractivity contribution in [1.82, 2.24) is 5.32 Å². The molecule has 0 aliphatic rings. The molecular formula is C21H26ClNO2. The van der Waals surface area contributed by atoms with Crippen LogP contribution >= 0.6 is 11.6 Å². The molecule has 1 N–H and O–H groups in total. The number of ether oxygens (including phenoxy) is 1. The zero-order chi connectivity index (χ0) is 18.4. The second-order valence-corrected chi connectivity index (χ2v) is 7.19. The summed E-state index contributed by atoms with van der Waals surface area (Å²) in [6, 6.07) is 15.3. The number of aryl methyl sites for hydroxylation is 1. The maximum absolute atomic E-state index is 12.6. The van der Waals surface area contributed by atoms with E-state index in [1.807, 2.05) is 6.92 Å². The molecule has 0 aliphatic heterocycles. The van der Waals surface area contributed by atoms with Crippen LogP contribution in [-0.2, 0) is 11.2 Å². The first kappa shape index (κ1) is 19.3. The fraction of sp³-hybridized carbons (Fsp3) is 0.381. The third-order valence-electron chi connectivity index (χ3n) is 4.10.